The summed E-state index contributed by atoms with van der Waals surface area (Å²) in [6, 6.07) is 19.0. The summed E-state index contributed by atoms with van der Waals surface area (Å²) in [5.74, 6) is 5.85. The van der Waals surface area contributed by atoms with E-state index in [-0.39, 0.29) is 5.04 Å². The van der Waals surface area contributed by atoms with Gasteiger partial charge < -0.3 is 0 Å². The van der Waals surface area contributed by atoms with Gasteiger partial charge in [0.15, 0.2) is 6.17 Å². The highest BCUT2D eigenvalue weighted by molar-refractivity contribution is 6.80. The molecule has 1 aromatic heterocycles. The monoisotopic (exact) mass is 403 g/mol. The molecular weight excluding hydrogens is 373 g/mol. The van der Waals surface area contributed by atoms with E-state index in [1.807, 2.05) is 36.5 Å². The molecule has 0 saturated carbocycles. The van der Waals surface area contributed by atoms with E-state index in [0.29, 0.717) is 6.04 Å². The van der Waals surface area contributed by atoms with E-state index in [1.165, 1.54) is 16.3 Å². The van der Waals surface area contributed by atoms with Crippen molar-refractivity contribution in [2.24, 2.45) is 0 Å². The van der Waals surface area contributed by atoms with E-state index < -0.39 is 14.2 Å². The number of hydrogen-bond donors (Lipinski definition) is 0. The van der Waals surface area contributed by atoms with Crippen LogP contribution in [0.5, 0.6) is 0 Å². The van der Waals surface area contributed by atoms with Gasteiger partial charge in [-0.05, 0) is 40.2 Å². The summed E-state index contributed by atoms with van der Waals surface area (Å²) in [6.45, 7) is 11.1. The van der Waals surface area contributed by atoms with Crippen LogP contribution in [0.3, 0.4) is 0 Å². The highest BCUT2D eigenvalue weighted by atomic mass is 28.3. The molecule has 1 unspecified atom stereocenters. The molecule has 0 amide bonds. The molecule has 29 heavy (non-hydrogen) atoms. The van der Waals surface area contributed by atoms with Crippen molar-refractivity contribution < 1.29 is 4.39 Å². The van der Waals surface area contributed by atoms with Crippen LogP contribution in [-0.2, 0) is 6.42 Å². The molecular formula is C26H30FNSi. The SMILES string of the molecule is CC(C)(C)[Si](C)(C)CC(F)C#Cc1ccc(Cc2nccc3ccccc23)cc1. The summed E-state index contributed by atoms with van der Waals surface area (Å²) < 4.78 is 14.5. The largest absolute Gasteiger partial charge is 0.260 e. The molecule has 3 heteroatoms. The molecule has 0 fully saturated rings. The Morgan fingerprint density at radius 2 is 1.69 bits per heavy atom. The highest BCUT2D eigenvalue weighted by Gasteiger charge is 2.36. The molecule has 0 aliphatic heterocycles. The van der Waals surface area contributed by atoms with Crippen LogP contribution in [0.2, 0.25) is 24.2 Å². The first-order valence-electron chi connectivity index (χ1n) is 10.2. The summed E-state index contributed by atoms with van der Waals surface area (Å²) in [5.41, 5.74) is 3.11. The summed E-state index contributed by atoms with van der Waals surface area (Å²) in [4.78, 5) is 4.56. The average Bonchev–Trinajstić information content (AvgIpc) is 2.66. The molecule has 0 bridgehead atoms. The van der Waals surface area contributed by atoms with Crippen molar-refractivity contribution in [3.8, 4) is 11.8 Å². The minimum absolute atomic E-state index is 0.177. The van der Waals surface area contributed by atoms with E-state index in [9.17, 15) is 4.39 Å². The molecule has 3 aromatic rings. The second kappa shape index (κ2) is 8.51. The third-order valence-corrected chi connectivity index (χ3v) is 11.6. The fourth-order valence-electron chi connectivity index (χ4n) is 3.19. The third-order valence-electron chi connectivity index (χ3n) is 6.17. The quantitative estimate of drug-likeness (QED) is 0.337. The summed E-state index contributed by atoms with van der Waals surface area (Å²) >= 11 is 0. The topological polar surface area (TPSA) is 12.9 Å². The lowest BCUT2D eigenvalue weighted by molar-refractivity contribution is 0.435. The van der Waals surface area contributed by atoms with Gasteiger partial charge in [0, 0.05) is 23.6 Å². The summed E-state index contributed by atoms with van der Waals surface area (Å²) in [6.07, 6.45) is 1.57. The molecule has 2 aromatic carbocycles. The molecule has 0 saturated heterocycles. The van der Waals surface area contributed by atoms with Crippen LogP contribution in [0.15, 0.2) is 60.8 Å². The second-order valence-electron chi connectivity index (χ2n) is 9.43. The molecule has 1 atom stereocenters. The van der Waals surface area contributed by atoms with Gasteiger partial charge in [0.2, 0.25) is 0 Å². The Hall–Kier alpha value is -2.44. The fraction of sp³-hybridized carbons (Fsp3) is 0.346. The highest BCUT2D eigenvalue weighted by Crippen LogP contribution is 2.39. The maximum Gasteiger partial charge on any atom is 0.158 e. The van der Waals surface area contributed by atoms with E-state index >= 15 is 0 Å². The second-order valence-corrected chi connectivity index (χ2v) is 15.1. The van der Waals surface area contributed by atoms with Crippen molar-refractivity contribution in [2.45, 2.75) is 57.5 Å². The van der Waals surface area contributed by atoms with Gasteiger partial charge >= 0.3 is 0 Å². The summed E-state index contributed by atoms with van der Waals surface area (Å²) in [7, 11) is -1.67. The van der Waals surface area contributed by atoms with Crippen molar-refractivity contribution in [3.63, 3.8) is 0 Å². The molecule has 0 aliphatic carbocycles. The van der Waals surface area contributed by atoms with Gasteiger partial charge in [-0.1, -0.05) is 82.1 Å². The van der Waals surface area contributed by atoms with Crippen molar-refractivity contribution >= 4 is 18.8 Å². The van der Waals surface area contributed by atoms with Crippen molar-refractivity contribution in [1.82, 2.24) is 4.98 Å². The van der Waals surface area contributed by atoms with E-state index in [2.05, 4.69) is 75.0 Å². The van der Waals surface area contributed by atoms with Crippen LogP contribution >= 0.6 is 0 Å². The van der Waals surface area contributed by atoms with Gasteiger partial charge in [0.1, 0.15) is 0 Å². The number of aromatic nitrogens is 1. The van der Waals surface area contributed by atoms with E-state index in [4.69, 9.17) is 0 Å². The van der Waals surface area contributed by atoms with Crippen LogP contribution in [0.25, 0.3) is 10.8 Å². The lowest BCUT2D eigenvalue weighted by Crippen LogP contribution is -2.39. The van der Waals surface area contributed by atoms with Gasteiger partial charge in [-0.3, -0.25) is 4.98 Å². The zero-order valence-electron chi connectivity index (χ0n) is 18.1. The first-order valence-corrected chi connectivity index (χ1v) is 13.4. The van der Waals surface area contributed by atoms with Gasteiger partial charge in [-0.2, -0.15) is 0 Å². The number of alkyl halides is 1. The minimum Gasteiger partial charge on any atom is -0.260 e. The Morgan fingerprint density at radius 3 is 2.38 bits per heavy atom. The molecule has 0 spiro atoms. The van der Waals surface area contributed by atoms with Crippen LogP contribution in [0.1, 0.15) is 37.6 Å². The number of benzene rings is 2. The van der Waals surface area contributed by atoms with Crippen LogP contribution in [0.4, 0.5) is 4.39 Å². The minimum atomic E-state index is -1.67. The van der Waals surface area contributed by atoms with Gasteiger partial charge in [-0.15, -0.1) is 0 Å². The van der Waals surface area contributed by atoms with Crippen molar-refractivity contribution in [3.05, 3.63) is 77.6 Å². The average molecular weight is 404 g/mol. The molecule has 0 aliphatic rings. The van der Waals surface area contributed by atoms with Gasteiger partial charge in [0.25, 0.3) is 0 Å². The molecule has 1 heterocycles. The normalized spacial score (nSPS) is 13.0. The van der Waals surface area contributed by atoms with Gasteiger partial charge in [0.05, 0.1) is 13.8 Å². The summed E-state index contributed by atoms with van der Waals surface area (Å²) in [5, 5.41) is 2.57. The maximum atomic E-state index is 14.5. The number of halogens is 1. The number of pyridine rings is 1. The first-order chi connectivity index (χ1) is 13.7. The molecule has 1 nitrogen and oxygen atoms in total. The van der Waals surface area contributed by atoms with Gasteiger partial charge in [-0.25, -0.2) is 4.39 Å². The Kier molecular flexibility index (Phi) is 6.24. The van der Waals surface area contributed by atoms with E-state index in [0.717, 1.165) is 17.7 Å². The van der Waals surface area contributed by atoms with Crippen LogP contribution in [0, 0.1) is 11.8 Å². The Bertz CT molecular complexity index is 1030. The molecule has 3 rings (SSSR count). The number of nitrogens with zero attached hydrogens (tertiary/aromatic N) is 1. The third kappa shape index (κ3) is 5.34. The zero-order valence-corrected chi connectivity index (χ0v) is 19.1. The Morgan fingerprint density at radius 1 is 1.00 bits per heavy atom. The van der Waals surface area contributed by atoms with Crippen molar-refractivity contribution in [1.29, 1.82) is 0 Å². The van der Waals surface area contributed by atoms with Crippen molar-refractivity contribution in [2.75, 3.05) is 0 Å². The lowest BCUT2D eigenvalue weighted by Gasteiger charge is -2.37. The smallest absolute Gasteiger partial charge is 0.158 e. The number of hydrogen-bond acceptors (Lipinski definition) is 1. The Balaban J connectivity index is 1.69. The molecule has 150 valence electrons. The van der Waals surface area contributed by atoms with Crippen LogP contribution < -0.4 is 0 Å². The lowest BCUT2D eigenvalue weighted by atomic mass is 10.0. The van der Waals surface area contributed by atoms with Crippen LogP contribution in [-0.4, -0.2) is 19.2 Å². The standard InChI is InChI=1S/C26H30FNSi/c1-26(2,3)29(4,5)19-23(27)15-14-20-10-12-21(13-11-20)18-25-24-9-7-6-8-22(24)16-17-28-25/h6-13,16-17,23H,18-19H2,1-5H3. The zero-order chi connectivity index (χ0) is 21.1. The predicted octanol–water partition coefficient (Wildman–Crippen LogP) is 7.02. The van der Waals surface area contributed by atoms with E-state index in [1.54, 1.807) is 0 Å². The molecule has 0 N–H and O–H groups in total. The maximum absolute atomic E-state index is 14.5. The Labute approximate surface area is 175 Å². The predicted molar refractivity (Wildman–Crippen MR) is 125 cm³/mol. The first kappa shape index (κ1) is 21.3. The fourth-order valence-corrected chi connectivity index (χ4v) is 4.80. The molecule has 0 radical (unpaired) electrons. The number of fused-ring (bicyclic) bond motifs is 1. The number of rotatable bonds is 4.